The van der Waals surface area contributed by atoms with Crippen LogP contribution in [0.5, 0.6) is 0 Å². The number of aliphatic hydroxyl groups excluding tert-OH is 2. The van der Waals surface area contributed by atoms with Crippen molar-refractivity contribution in [2.75, 3.05) is 26.3 Å². The van der Waals surface area contributed by atoms with Crippen molar-refractivity contribution in [2.45, 2.75) is 50.5 Å². The summed E-state index contributed by atoms with van der Waals surface area (Å²) < 4.78 is 42.9. The minimum Gasteiger partial charge on any atom is -0.378 e. The van der Waals surface area contributed by atoms with Crippen LogP contribution >= 0.6 is 0 Å². The van der Waals surface area contributed by atoms with Crippen molar-refractivity contribution in [3.8, 4) is 6.07 Å². The number of halogens is 3. The van der Waals surface area contributed by atoms with Gasteiger partial charge in [0.05, 0.1) is 30.7 Å². The molecule has 1 aromatic carbocycles. The summed E-state index contributed by atoms with van der Waals surface area (Å²) in [4.78, 5) is 14.3. The zero-order valence-electron chi connectivity index (χ0n) is 17.6. The molecule has 3 rings (SSSR count). The predicted octanol–water partition coefficient (Wildman–Crippen LogP) is 1.27. The average molecular weight is 456 g/mol. The van der Waals surface area contributed by atoms with Gasteiger partial charge in [0.1, 0.15) is 6.23 Å². The molecule has 1 heterocycles. The number of amides is 1. The number of morpholine rings is 1. The SMILES string of the molecule is CC(NC(O)C(F)(F)F)c1ccc(C(=O)NC[C@@H]2COCCN2C(O)C2(C#N)CC2)cc1. The normalized spacial score (nSPS) is 23.6. The Kier molecular flexibility index (Phi) is 7.42. The Bertz CT molecular complexity index is 839. The Morgan fingerprint density at radius 3 is 2.56 bits per heavy atom. The van der Waals surface area contributed by atoms with E-state index in [0.717, 1.165) is 0 Å². The lowest BCUT2D eigenvalue weighted by molar-refractivity contribution is -0.215. The van der Waals surface area contributed by atoms with Crippen LogP contribution in [0.15, 0.2) is 24.3 Å². The average Bonchev–Trinajstić information content (AvgIpc) is 3.58. The van der Waals surface area contributed by atoms with Crippen molar-refractivity contribution in [1.82, 2.24) is 15.5 Å². The molecule has 1 saturated heterocycles. The molecule has 1 aliphatic heterocycles. The largest absolute Gasteiger partial charge is 0.427 e. The monoisotopic (exact) mass is 456 g/mol. The molecule has 8 nitrogen and oxygen atoms in total. The number of nitrogens with one attached hydrogen (secondary N) is 2. The number of carbonyl (C=O) groups is 1. The van der Waals surface area contributed by atoms with E-state index in [2.05, 4.69) is 16.7 Å². The van der Waals surface area contributed by atoms with Gasteiger partial charge in [-0.1, -0.05) is 12.1 Å². The molecule has 2 fully saturated rings. The summed E-state index contributed by atoms with van der Waals surface area (Å²) in [7, 11) is 0. The van der Waals surface area contributed by atoms with Crippen molar-refractivity contribution in [3.63, 3.8) is 0 Å². The molecule has 0 radical (unpaired) electrons. The predicted molar refractivity (Wildman–Crippen MR) is 107 cm³/mol. The van der Waals surface area contributed by atoms with Crippen LogP contribution in [-0.2, 0) is 4.74 Å². The maximum absolute atomic E-state index is 12.5. The van der Waals surface area contributed by atoms with Crippen molar-refractivity contribution < 1.29 is 32.9 Å². The Balaban J connectivity index is 1.55. The molecule has 0 bridgehead atoms. The highest BCUT2D eigenvalue weighted by Crippen LogP contribution is 2.49. The third-order valence-corrected chi connectivity index (χ3v) is 5.98. The third kappa shape index (κ3) is 5.57. The number of nitrogens with zero attached hydrogens (tertiary/aromatic N) is 2. The lowest BCUT2D eigenvalue weighted by Crippen LogP contribution is -2.57. The van der Waals surface area contributed by atoms with E-state index < -0.39 is 30.1 Å². The standard InChI is InChI=1S/C21H27F3N4O4/c1-13(27-18(30)21(22,23)24)14-2-4-15(5-3-14)17(29)26-10-16-11-32-9-8-28(16)19(31)20(12-25)6-7-20/h2-5,13,16,18-19,27,30-31H,6-11H2,1H3,(H,26,29)/t13?,16-,18?,19?/m1/s1. The molecule has 0 aromatic heterocycles. The van der Waals surface area contributed by atoms with Gasteiger partial charge in [0, 0.05) is 24.7 Å². The number of alkyl halides is 3. The van der Waals surface area contributed by atoms with Crippen LogP contribution in [0.3, 0.4) is 0 Å². The summed E-state index contributed by atoms with van der Waals surface area (Å²) in [6.07, 6.45) is -7.06. The minimum atomic E-state index is -4.77. The minimum absolute atomic E-state index is 0.203. The van der Waals surface area contributed by atoms with E-state index in [9.17, 15) is 28.3 Å². The highest BCUT2D eigenvalue weighted by atomic mass is 19.4. The van der Waals surface area contributed by atoms with Gasteiger partial charge in [-0.25, -0.2) is 0 Å². The first-order valence-corrected chi connectivity index (χ1v) is 10.4. The second kappa shape index (κ2) is 9.72. The smallest absolute Gasteiger partial charge is 0.378 e. The Hall–Kier alpha value is -2.23. The van der Waals surface area contributed by atoms with Gasteiger partial charge in [-0.2, -0.15) is 18.4 Å². The zero-order valence-corrected chi connectivity index (χ0v) is 17.6. The van der Waals surface area contributed by atoms with E-state index in [-0.39, 0.29) is 18.5 Å². The molecule has 4 N–H and O–H groups in total. The number of benzene rings is 1. The van der Waals surface area contributed by atoms with E-state index in [1.165, 1.54) is 31.2 Å². The van der Waals surface area contributed by atoms with E-state index in [4.69, 9.17) is 9.84 Å². The number of rotatable bonds is 8. The second-order valence-corrected chi connectivity index (χ2v) is 8.27. The van der Waals surface area contributed by atoms with Crippen molar-refractivity contribution >= 4 is 5.91 Å². The summed E-state index contributed by atoms with van der Waals surface area (Å²) in [6, 6.07) is 7.12. The maximum Gasteiger partial charge on any atom is 0.427 e. The van der Waals surface area contributed by atoms with Crippen molar-refractivity contribution in [3.05, 3.63) is 35.4 Å². The van der Waals surface area contributed by atoms with Crippen LogP contribution < -0.4 is 10.6 Å². The highest BCUT2D eigenvalue weighted by molar-refractivity contribution is 5.94. The summed E-state index contributed by atoms with van der Waals surface area (Å²) in [6.45, 7) is 2.87. The summed E-state index contributed by atoms with van der Waals surface area (Å²) in [5, 5.41) is 34.0. The van der Waals surface area contributed by atoms with Gasteiger partial charge in [-0.05, 0) is 37.5 Å². The molecule has 4 atom stereocenters. The molecule has 2 aliphatic rings. The van der Waals surface area contributed by atoms with Gasteiger partial charge in [0.15, 0.2) is 0 Å². The molecule has 0 spiro atoms. The molecule has 3 unspecified atom stereocenters. The van der Waals surface area contributed by atoms with Crippen LogP contribution in [0.1, 0.15) is 41.7 Å². The molecule has 11 heteroatoms. The zero-order chi connectivity index (χ0) is 23.5. The summed E-state index contributed by atoms with van der Waals surface area (Å²) in [5.41, 5.74) is 0.0442. The van der Waals surface area contributed by atoms with Crippen LogP contribution in [0.2, 0.25) is 0 Å². The quantitative estimate of drug-likeness (QED) is 0.435. The fourth-order valence-electron chi connectivity index (χ4n) is 3.71. The van der Waals surface area contributed by atoms with Crippen molar-refractivity contribution in [2.24, 2.45) is 5.41 Å². The number of carbonyl (C=O) groups excluding carboxylic acids is 1. The molecule has 32 heavy (non-hydrogen) atoms. The molecule has 1 amide bonds. The molecule has 1 saturated carbocycles. The van der Waals surface area contributed by atoms with Crippen LogP contribution in [0, 0.1) is 16.7 Å². The third-order valence-electron chi connectivity index (χ3n) is 5.98. The number of aliphatic hydroxyl groups is 2. The van der Waals surface area contributed by atoms with E-state index in [0.29, 0.717) is 43.7 Å². The van der Waals surface area contributed by atoms with Gasteiger partial charge in [0.25, 0.3) is 5.91 Å². The van der Waals surface area contributed by atoms with E-state index in [1.54, 1.807) is 4.90 Å². The number of ether oxygens (including phenoxy) is 1. The van der Waals surface area contributed by atoms with Crippen LogP contribution in [0.25, 0.3) is 0 Å². The molecule has 1 aliphatic carbocycles. The van der Waals surface area contributed by atoms with Gasteiger partial charge >= 0.3 is 6.18 Å². The second-order valence-electron chi connectivity index (χ2n) is 8.27. The molecule has 176 valence electrons. The first kappa shape index (κ1) is 24.4. The Labute approximate surface area is 184 Å². The van der Waals surface area contributed by atoms with Crippen LogP contribution in [0.4, 0.5) is 13.2 Å². The number of hydrogen-bond donors (Lipinski definition) is 4. The lowest BCUT2D eigenvalue weighted by atomic mass is 10.0. The topological polar surface area (TPSA) is 118 Å². The maximum atomic E-state index is 12.5. The fourth-order valence-corrected chi connectivity index (χ4v) is 3.71. The van der Waals surface area contributed by atoms with Gasteiger partial charge in [-0.15, -0.1) is 0 Å². The lowest BCUT2D eigenvalue weighted by Gasteiger charge is -2.40. The number of nitriles is 1. The van der Waals surface area contributed by atoms with Crippen LogP contribution in [-0.4, -0.2) is 72.0 Å². The van der Waals surface area contributed by atoms with E-state index >= 15 is 0 Å². The highest BCUT2D eigenvalue weighted by Gasteiger charge is 2.53. The number of hydrogen-bond acceptors (Lipinski definition) is 7. The molecule has 1 aromatic rings. The first-order valence-electron chi connectivity index (χ1n) is 10.4. The summed E-state index contributed by atoms with van der Waals surface area (Å²) in [5.74, 6) is -0.381. The Morgan fingerprint density at radius 1 is 1.34 bits per heavy atom. The molecular weight excluding hydrogens is 429 g/mol. The van der Waals surface area contributed by atoms with E-state index in [1.807, 2.05) is 0 Å². The van der Waals surface area contributed by atoms with Gasteiger partial charge in [0.2, 0.25) is 6.23 Å². The molecular formula is C21H27F3N4O4. The first-order chi connectivity index (χ1) is 15.1. The van der Waals surface area contributed by atoms with Crippen molar-refractivity contribution in [1.29, 1.82) is 5.26 Å². The summed E-state index contributed by atoms with van der Waals surface area (Å²) >= 11 is 0. The fraction of sp³-hybridized carbons (Fsp3) is 0.619. The van der Waals surface area contributed by atoms with Gasteiger partial charge in [-0.3, -0.25) is 15.0 Å². The Morgan fingerprint density at radius 2 is 2.00 bits per heavy atom. The van der Waals surface area contributed by atoms with Gasteiger partial charge < -0.3 is 20.3 Å².